The Morgan fingerprint density at radius 2 is 1.76 bits per heavy atom. The van der Waals surface area contributed by atoms with Gasteiger partial charge in [-0.1, -0.05) is 30.3 Å². The number of esters is 2. The molecule has 0 spiro atoms. The zero-order valence-electron chi connectivity index (χ0n) is 17.9. The van der Waals surface area contributed by atoms with E-state index in [0.717, 1.165) is 5.56 Å². The number of methoxy groups -OCH3 is 2. The van der Waals surface area contributed by atoms with E-state index in [9.17, 15) is 14.4 Å². The van der Waals surface area contributed by atoms with Crippen molar-refractivity contribution in [3.8, 4) is 0 Å². The van der Waals surface area contributed by atoms with E-state index < -0.39 is 23.1 Å². The molecule has 7 nitrogen and oxygen atoms in total. The Hall–Kier alpha value is -2.57. The molecule has 0 bridgehead atoms. The molecule has 1 amide bonds. The number of hydrogen-bond acceptors (Lipinski definition) is 6. The summed E-state index contributed by atoms with van der Waals surface area (Å²) in [6.45, 7) is 5.90. The molecule has 1 aliphatic heterocycles. The monoisotopic (exact) mass is 405 g/mol. The molecule has 0 aliphatic carbocycles. The largest absolute Gasteiger partial charge is 0.469 e. The molecule has 1 aromatic carbocycles. The molecule has 1 heterocycles. The van der Waals surface area contributed by atoms with Gasteiger partial charge in [0.2, 0.25) is 0 Å². The third-order valence-corrected chi connectivity index (χ3v) is 5.25. The van der Waals surface area contributed by atoms with Crippen LogP contribution in [0.1, 0.15) is 39.2 Å². The van der Waals surface area contributed by atoms with Crippen LogP contribution >= 0.6 is 0 Å². The average Bonchev–Trinajstić information content (AvgIpc) is 2.67. The minimum Gasteiger partial charge on any atom is -0.469 e. The number of hydrogen-bond donors (Lipinski definition) is 0. The number of carbonyl (C=O) groups is 3. The van der Waals surface area contributed by atoms with Crippen LogP contribution in [-0.4, -0.2) is 55.8 Å². The van der Waals surface area contributed by atoms with E-state index in [1.165, 1.54) is 14.2 Å². The Morgan fingerprint density at radius 1 is 1.10 bits per heavy atom. The lowest BCUT2D eigenvalue weighted by Crippen LogP contribution is -2.57. The van der Waals surface area contributed by atoms with E-state index in [0.29, 0.717) is 19.4 Å². The Bertz CT molecular complexity index is 727. The molecule has 2 rings (SSSR count). The lowest BCUT2D eigenvalue weighted by Gasteiger charge is -2.46. The van der Waals surface area contributed by atoms with Gasteiger partial charge in [-0.2, -0.15) is 0 Å². The number of rotatable bonds is 5. The highest BCUT2D eigenvalue weighted by Gasteiger charge is 2.52. The lowest BCUT2D eigenvalue weighted by atomic mass is 9.66. The van der Waals surface area contributed by atoms with Crippen LogP contribution in [0.15, 0.2) is 30.3 Å². The summed E-state index contributed by atoms with van der Waals surface area (Å²) in [7, 11) is 2.66. The van der Waals surface area contributed by atoms with Gasteiger partial charge in [-0.15, -0.1) is 0 Å². The van der Waals surface area contributed by atoms with Crippen LogP contribution in [0.25, 0.3) is 0 Å². The first-order chi connectivity index (χ1) is 13.6. The zero-order chi connectivity index (χ0) is 21.7. The quantitative estimate of drug-likeness (QED) is 0.553. The summed E-state index contributed by atoms with van der Waals surface area (Å²) in [4.78, 5) is 39.4. The van der Waals surface area contributed by atoms with Crippen LogP contribution in [0.3, 0.4) is 0 Å². The van der Waals surface area contributed by atoms with Gasteiger partial charge in [-0.25, -0.2) is 4.79 Å². The van der Waals surface area contributed by atoms with Gasteiger partial charge >= 0.3 is 18.0 Å². The second-order valence-electron chi connectivity index (χ2n) is 8.48. The normalized spacial score (nSPS) is 22.0. The van der Waals surface area contributed by atoms with Crippen molar-refractivity contribution < 1.29 is 28.6 Å². The van der Waals surface area contributed by atoms with Crippen LogP contribution in [0.2, 0.25) is 0 Å². The number of likely N-dealkylation sites (tertiary alicyclic amines) is 1. The summed E-state index contributed by atoms with van der Waals surface area (Å²) in [5, 5.41) is 0. The van der Waals surface area contributed by atoms with E-state index in [1.54, 1.807) is 25.7 Å². The van der Waals surface area contributed by atoms with Crippen LogP contribution in [-0.2, 0) is 30.2 Å². The molecule has 0 saturated carbocycles. The molecular formula is C22H31NO6. The molecule has 29 heavy (non-hydrogen) atoms. The molecule has 1 fully saturated rings. The van der Waals surface area contributed by atoms with E-state index in [-0.39, 0.29) is 24.9 Å². The summed E-state index contributed by atoms with van der Waals surface area (Å²) < 4.78 is 15.5. The Balaban J connectivity index is 2.41. The van der Waals surface area contributed by atoms with Gasteiger partial charge in [0.25, 0.3) is 0 Å². The third-order valence-electron chi connectivity index (χ3n) is 5.25. The van der Waals surface area contributed by atoms with Gasteiger partial charge in [-0.3, -0.25) is 9.59 Å². The maximum absolute atomic E-state index is 13.1. The van der Waals surface area contributed by atoms with Crippen LogP contribution in [0.5, 0.6) is 0 Å². The van der Waals surface area contributed by atoms with Gasteiger partial charge in [0, 0.05) is 19.5 Å². The van der Waals surface area contributed by atoms with E-state index in [2.05, 4.69) is 0 Å². The van der Waals surface area contributed by atoms with Gasteiger partial charge in [-0.05, 0) is 45.1 Å². The number of nitrogens with zero attached hydrogens (tertiary/aromatic N) is 1. The fourth-order valence-corrected chi connectivity index (χ4v) is 3.87. The minimum atomic E-state index is -1.07. The second kappa shape index (κ2) is 9.29. The maximum Gasteiger partial charge on any atom is 0.410 e. The van der Waals surface area contributed by atoms with E-state index in [4.69, 9.17) is 14.2 Å². The standard InChI is InChI=1S/C22H31NO6/c1-21(2,3)29-20(26)23-12-11-17(13-18(24)27-4)22(15-23,19(25)28-5)14-16-9-7-6-8-10-16/h6-10,17H,11-15H2,1-5H3. The van der Waals surface area contributed by atoms with Gasteiger partial charge in [0.1, 0.15) is 5.60 Å². The molecule has 2 atom stereocenters. The molecular weight excluding hydrogens is 374 g/mol. The molecule has 1 aliphatic rings. The zero-order valence-corrected chi connectivity index (χ0v) is 17.9. The summed E-state index contributed by atoms with van der Waals surface area (Å²) in [5.41, 5.74) is -0.786. The molecule has 7 heteroatoms. The fraction of sp³-hybridized carbons (Fsp3) is 0.591. The van der Waals surface area contributed by atoms with Crippen molar-refractivity contribution in [3.05, 3.63) is 35.9 Å². The van der Waals surface area contributed by atoms with Crippen molar-refractivity contribution in [1.82, 2.24) is 4.90 Å². The maximum atomic E-state index is 13.1. The Morgan fingerprint density at radius 3 is 2.31 bits per heavy atom. The predicted molar refractivity (Wildman–Crippen MR) is 107 cm³/mol. The van der Waals surface area contributed by atoms with Crippen molar-refractivity contribution in [2.45, 2.75) is 45.6 Å². The van der Waals surface area contributed by atoms with Gasteiger partial charge in [0.15, 0.2) is 0 Å². The number of benzene rings is 1. The summed E-state index contributed by atoms with van der Waals surface area (Å²) in [5.74, 6) is -1.15. The molecule has 160 valence electrons. The first-order valence-corrected chi connectivity index (χ1v) is 9.78. The van der Waals surface area contributed by atoms with E-state index >= 15 is 0 Å². The Labute approximate surface area is 172 Å². The minimum absolute atomic E-state index is 0.0839. The van der Waals surface area contributed by atoms with Crippen molar-refractivity contribution >= 4 is 18.0 Å². The number of amides is 1. The molecule has 1 aromatic rings. The van der Waals surface area contributed by atoms with Crippen molar-refractivity contribution in [3.63, 3.8) is 0 Å². The first kappa shape index (κ1) is 22.7. The number of piperidine rings is 1. The molecule has 1 saturated heterocycles. The third kappa shape index (κ3) is 5.71. The fourth-order valence-electron chi connectivity index (χ4n) is 3.87. The number of ether oxygens (including phenoxy) is 3. The molecule has 0 N–H and O–H groups in total. The highest BCUT2D eigenvalue weighted by molar-refractivity contribution is 5.81. The lowest BCUT2D eigenvalue weighted by molar-refractivity contribution is -0.163. The van der Waals surface area contributed by atoms with E-state index in [1.807, 2.05) is 30.3 Å². The van der Waals surface area contributed by atoms with Crippen molar-refractivity contribution in [2.75, 3.05) is 27.3 Å². The van der Waals surface area contributed by atoms with Crippen LogP contribution in [0.4, 0.5) is 4.79 Å². The average molecular weight is 405 g/mol. The first-order valence-electron chi connectivity index (χ1n) is 9.78. The van der Waals surface area contributed by atoms with Crippen LogP contribution < -0.4 is 0 Å². The summed E-state index contributed by atoms with van der Waals surface area (Å²) >= 11 is 0. The highest BCUT2D eigenvalue weighted by Crippen LogP contribution is 2.42. The number of carbonyl (C=O) groups excluding carboxylic acids is 3. The van der Waals surface area contributed by atoms with Gasteiger partial charge in [0.05, 0.1) is 19.6 Å². The molecule has 2 unspecified atom stereocenters. The highest BCUT2D eigenvalue weighted by atomic mass is 16.6. The van der Waals surface area contributed by atoms with Gasteiger partial charge < -0.3 is 19.1 Å². The smallest absolute Gasteiger partial charge is 0.410 e. The molecule has 0 radical (unpaired) electrons. The molecule has 0 aromatic heterocycles. The van der Waals surface area contributed by atoms with Crippen molar-refractivity contribution in [1.29, 1.82) is 0 Å². The second-order valence-corrected chi connectivity index (χ2v) is 8.48. The topological polar surface area (TPSA) is 82.1 Å². The predicted octanol–water partition coefficient (Wildman–Crippen LogP) is 3.21. The SMILES string of the molecule is COC(=O)CC1CCN(C(=O)OC(C)(C)C)CC1(Cc1ccccc1)C(=O)OC. The summed E-state index contributed by atoms with van der Waals surface area (Å²) in [6, 6.07) is 9.53. The van der Waals surface area contributed by atoms with Crippen molar-refractivity contribution in [2.24, 2.45) is 11.3 Å². The van der Waals surface area contributed by atoms with Crippen LogP contribution in [0, 0.1) is 11.3 Å². The Kier molecular flexibility index (Phi) is 7.27. The summed E-state index contributed by atoms with van der Waals surface area (Å²) in [6.07, 6.45) is 0.425.